The van der Waals surface area contributed by atoms with Crippen LogP contribution in [0, 0.1) is 0 Å². The normalized spacial score (nSPS) is 12.9. The molecule has 1 N–H and O–H groups in total. The third kappa shape index (κ3) is 2.50. The molecule has 0 bridgehead atoms. The van der Waals surface area contributed by atoms with Gasteiger partial charge in [-0.2, -0.15) is 9.90 Å². The summed E-state index contributed by atoms with van der Waals surface area (Å²) in [5.41, 5.74) is 1.74. The van der Waals surface area contributed by atoms with Gasteiger partial charge in [-0.15, -0.1) is 10.2 Å². The highest BCUT2D eigenvalue weighted by molar-refractivity contribution is 5.13. The minimum atomic E-state index is -0.656. The second-order valence-corrected chi connectivity index (χ2v) is 3.95. The number of nitrogens with zero attached hydrogens (tertiary/aromatic N) is 6. The molecule has 0 aliphatic rings. The molecule has 0 amide bonds. The second kappa shape index (κ2) is 4.62. The molecule has 0 radical (unpaired) electrons. The zero-order valence-electron chi connectivity index (χ0n) is 10.2. The molecule has 0 aromatic carbocycles. The number of hydrogen-bond acceptors (Lipinski definition) is 5. The first kappa shape index (κ1) is 11.7. The van der Waals surface area contributed by atoms with Crippen LogP contribution in [0.3, 0.4) is 0 Å². The Morgan fingerprint density at radius 1 is 1.35 bits per heavy atom. The van der Waals surface area contributed by atoms with E-state index in [2.05, 4.69) is 20.5 Å². The molecule has 2 aromatic rings. The van der Waals surface area contributed by atoms with Crippen LogP contribution >= 0.6 is 0 Å². The van der Waals surface area contributed by atoms with Crippen LogP contribution in [0.15, 0.2) is 6.07 Å². The summed E-state index contributed by atoms with van der Waals surface area (Å²) in [6.07, 6.45) is 0.539. The Hall–Kier alpha value is -1.76. The van der Waals surface area contributed by atoms with Gasteiger partial charge in [-0.25, -0.2) is 0 Å². The molecule has 7 nitrogen and oxygen atoms in total. The summed E-state index contributed by atoms with van der Waals surface area (Å²) in [5.74, 6) is 0.527. The van der Waals surface area contributed by atoms with Gasteiger partial charge in [-0.3, -0.25) is 4.68 Å². The molecule has 17 heavy (non-hydrogen) atoms. The van der Waals surface area contributed by atoms with Crippen molar-refractivity contribution in [2.45, 2.75) is 25.9 Å². The molecule has 2 aromatic heterocycles. The van der Waals surface area contributed by atoms with E-state index in [1.807, 2.05) is 20.0 Å². The Morgan fingerprint density at radius 3 is 2.65 bits per heavy atom. The molecule has 0 aliphatic carbocycles. The Bertz CT molecular complexity index is 503. The summed E-state index contributed by atoms with van der Waals surface area (Å²) in [6, 6.07) is 1.90. The third-order valence-electron chi connectivity index (χ3n) is 2.60. The van der Waals surface area contributed by atoms with E-state index in [0.29, 0.717) is 12.2 Å². The fourth-order valence-corrected chi connectivity index (χ4v) is 1.71. The second-order valence-electron chi connectivity index (χ2n) is 3.95. The molecule has 7 heteroatoms. The van der Waals surface area contributed by atoms with E-state index in [1.165, 1.54) is 4.80 Å². The topological polar surface area (TPSA) is 81.7 Å². The quantitative estimate of drug-likeness (QED) is 0.793. The Labute approximate surface area is 99.1 Å². The van der Waals surface area contributed by atoms with Crippen LogP contribution in [0.4, 0.5) is 0 Å². The number of aliphatic hydroxyl groups is 1. The molecule has 2 heterocycles. The van der Waals surface area contributed by atoms with Gasteiger partial charge in [0.25, 0.3) is 0 Å². The summed E-state index contributed by atoms with van der Waals surface area (Å²) >= 11 is 0. The van der Waals surface area contributed by atoms with E-state index in [9.17, 15) is 5.11 Å². The summed E-state index contributed by atoms with van der Waals surface area (Å²) in [7, 11) is 3.52. The van der Waals surface area contributed by atoms with Gasteiger partial charge < -0.3 is 5.11 Å². The maximum absolute atomic E-state index is 10.1. The van der Waals surface area contributed by atoms with E-state index < -0.39 is 6.10 Å². The fourth-order valence-electron chi connectivity index (χ4n) is 1.71. The zero-order valence-corrected chi connectivity index (χ0v) is 10.2. The van der Waals surface area contributed by atoms with Crippen LogP contribution in [0.2, 0.25) is 0 Å². The first-order valence-corrected chi connectivity index (χ1v) is 5.54. The Morgan fingerprint density at radius 2 is 2.12 bits per heavy atom. The van der Waals surface area contributed by atoms with Crippen molar-refractivity contribution in [1.82, 2.24) is 30.0 Å². The summed E-state index contributed by atoms with van der Waals surface area (Å²) < 4.78 is 1.69. The monoisotopic (exact) mass is 236 g/mol. The number of aryl methyl sites for hydroxylation is 3. The molecule has 0 spiro atoms. The molecule has 0 aliphatic heterocycles. The van der Waals surface area contributed by atoms with Gasteiger partial charge in [0.15, 0.2) is 5.82 Å². The van der Waals surface area contributed by atoms with Crippen LogP contribution in [0.25, 0.3) is 0 Å². The van der Waals surface area contributed by atoms with Gasteiger partial charge in [0.05, 0.1) is 18.4 Å². The highest BCUT2D eigenvalue weighted by Gasteiger charge is 2.16. The first-order chi connectivity index (χ1) is 8.10. The zero-order chi connectivity index (χ0) is 12.4. The largest absolute Gasteiger partial charge is 0.386 e. The average Bonchev–Trinajstić information content (AvgIpc) is 2.85. The molecular formula is C10H16N6O. The molecular weight excluding hydrogens is 220 g/mol. The number of aromatic nitrogens is 6. The molecule has 2 rings (SSSR count). The third-order valence-corrected chi connectivity index (χ3v) is 2.60. The average molecular weight is 236 g/mol. The maximum atomic E-state index is 10.1. The highest BCUT2D eigenvalue weighted by Crippen LogP contribution is 2.17. The number of hydrogen-bond donors (Lipinski definition) is 1. The summed E-state index contributed by atoms with van der Waals surface area (Å²) in [6.45, 7) is 2.03. The van der Waals surface area contributed by atoms with E-state index in [0.717, 1.165) is 17.8 Å². The Kier molecular flexibility index (Phi) is 3.19. The van der Waals surface area contributed by atoms with Gasteiger partial charge >= 0.3 is 0 Å². The van der Waals surface area contributed by atoms with Gasteiger partial charge in [-0.1, -0.05) is 6.92 Å². The SMILES string of the molecule is CCc1cc(C(O)Cc2nnn(C)n2)n(C)n1. The predicted octanol–water partition coefficient (Wildman–Crippen LogP) is -0.218. The van der Waals surface area contributed by atoms with Crippen molar-refractivity contribution in [1.29, 1.82) is 0 Å². The van der Waals surface area contributed by atoms with E-state index in [1.54, 1.807) is 11.7 Å². The standard InChI is InChI=1S/C10H16N6O/c1-4-7-5-8(15(2)12-7)9(17)6-10-11-14-16(3)13-10/h5,9,17H,4,6H2,1-3H3. The van der Waals surface area contributed by atoms with E-state index in [4.69, 9.17) is 0 Å². The lowest BCUT2D eigenvalue weighted by Crippen LogP contribution is -2.09. The summed E-state index contributed by atoms with van der Waals surface area (Å²) in [4.78, 5) is 1.38. The minimum absolute atomic E-state index is 0.344. The smallest absolute Gasteiger partial charge is 0.177 e. The van der Waals surface area contributed by atoms with Crippen LogP contribution in [0.5, 0.6) is 0 Å². The number of aliphatic hydroxyl groups excluding tert-OH is 1. The Balaban J connectivity index is 2.13. The van der Waals surface area contributed by atoms with Gasteiger partial charge in [0.2, 0.25) is 0 Å². The van der Waals surface area contributed by atoms with Gasteiger partial charge in [0.1, 0.15) is 6.10 Å². The molecule has 1 unspecified atom stereocenters. The van der Waals surface area contributed by atoms with Gasteiger partial charge in [0, 0.05) is 13.5 Å². The maximum Gasteiger partial charge on any atom is 0.177 e. The van der Waals surface area contributed by atoms with E-state index >= 15 is 0 Å². The molecule has 92 valence electrons. The van der Waals surface area contributed by atoms with Crippen molar-refractivity contribution in [3.8, 4) is 0 Å². The lowest BCUT2D eigenvalue weighted by molar-refractivity contribution is 0.166. The molecule has 0 fully saturated rings. The van der Waals surface area contributed by atoms with Crippen molar-refractivity contribution in [2.24, 2.45) is 14.1 Å². The molecule has 0 saturated heterocycles. The van der Waals surface area contributed by atoms with Crippen LogP contribution in [-0.4, -0.2) is 35.1 Å². The van der Waals surface area contributed by atoms with Crippen LogP contribution in [0.1, 0.15) is 30.2 Å². The van der Waals surface area contributed by atoms with Gasteiger partial charge in [-0.05, 0) is 17.7 Å². The van der Waals surface area contributed by atoms with Crippen molar-refractivity contribution in [3.05, 3.63) is 23.3 Å². The first-order valence-electron chi connectivity index (χ1n) is 5.54. The van der Waals surface area contributed by atoms with Crippen molar-refractivity contribution < 1.29 is 5.11 Å². The summed E-state index contributed by atoms with van der Waals surface area (Å²) in [5, 5.41) is 26.0. The van der Waals surface area contributed by atoms with Crippen LogP contribution in [-0.2, 0) is 26.9 Å². The molecule has 0 saturated carbocycles. The lowest BCUT2D eigenvalue weighted by Gasteiger charge is -2.07. The van der Waals surface area contributed by atoms with Crippen molar-refractivity contribution in [3.63, 3.8) is 0 Å². The predicted molar refractivity (Wildman–Crippen MR) is 60.0 cm³/mol. The lowest BCUT2D eigenvalue weighted by atomic mass is 10.1. The number of tetrazole rings is 1. The fraction of sp³-hybridized carbons (Fsp3) is 0.600. The minimum Gasteiger partial charge on any atom is -0.386 e. The van der Waals surface area contributed by atoms with E-state index in [-0.39, 0.29) is 0 Å². The highest BCUT2D eigenvalue weighted by atomic mass is 16.3. The molecule has 1 atom stereocenters. The van der Waals surface area contributed by atoms with Crippen LogP contribution < -0.4 is 0 Å². The number of rotatable bonds is 4. The van der Waals surface area contributed by atoms with Crippen molar-refractivity contribution >= 4 is 0 Å². The van der Waals surface area contributed by atoms with Crippen molar-refractivity contribution in [2.75, 3.05) is 0 Å².